The van der Waals surface area contributed by atoms with Crippen LogP contribution in [-0.2, 0) is 38.4 Å². The largest absolute Gasteiger partial charge is 0.481 e. The lowest BCUT2D eigenvalue weighted by Crippen LogP contribution is -2.53. The molecule has 0 amide bonds. The van der Waals surface area contributed by atoms with E-state index in [2.05, 4.69) is 15.0 Å². The number of nitrogen functional groups attached to an aromatic ring is 1. The fourth-order valence-electron chi connectivity index (χ4n) is 4.47. The lowest BCUT2D eigenvalue weighted by Gasteiger charge is -2.37. The first-order valence-corrected chi connectivity index (χ1v) is 13.3. The number of hydrogen-bond donors (Lipinski definition) is 3. The highest BCUT2D eigenvalue weighted by molar-refractivity contribution is 7.51. The van der Waals surface area contributed by atoms with E-state index in [-0.39, 0.29) is 29.9 Å². The molecule has 0 saturated heterocycles. The molecule has 1 unspecified atom stereocenters. The summed E-state index contributed by atoms with van der Waals surface area (Å²) in [6, 6.07) is 7.62. The monoisotopic (exact) mass is 561 g/mol. The van der Waals surface area contributed by atoms with E-state index >= 15 is 0 Å². The van der Waals surface area contributed by atoms with Crippen molar-refractivity contribution in [1.29, 1.82) is 0 Å². The lowest BCUT2D eigenvalue weighted by atomic mass is 9.87. The van der Waals surface area contributed by atoms with Crippen molar-refractivity contribution in [1.82, 2.24) is 24.7 Å². The van der Waals surface area contributed by atoms with Gasteiger partial charge in [-0.2, -0.15) is 0 Å². The molecular formula is C23H28N7O8P. The van der Waals surface area contributed by atoms with Crippen LogP contribution in [0, 0.1) is 5.92 Å². The molecule has 0 bridgehead atoms. The predicted molar refractivity (Wildman–Crippen MR) is 136 cm³/mol. The molecular weight excluding hydrogens is 533 g/mol. The number of fused-ring (bicyclic) bond motifs is 1. The van der Waals surface area contributed by atoms with Crippen molar-refractivity contribution >= 4 is 36.7 Å². The molecule has 2 heterocycles. The van der Waals surface area contributed by atoms with Crippen LogP contribution >= 0.6 is 7.75 Å². The highest BCUT2D eigenvalue weighted by Crippen LogP contribution is 2.45. The Morgan fingerprint density at radius 2 is 1.90 bits per heavy atom. The Morgan fingerprint density at radius 3 is 2.56 bits per heavy atom. The summed E-state index contributed by atoms with van der Waals surface area (Å²) in [5.41, 5.74) is 10.6. The van der Waals surface area contributed by atoms with Crippen LogP contribution in [0.3, 0.4) is 0 Å². The number of allylic oxidation sites excluding steroid dienone is 1. The van der Waals surface area contributed by atoms with Crippen molar-refractivity contribution in [3.05, 3.63) is 60.7 Å². The summed E-state index contributed by atoms with van der Waals surface area (Å²) in [6.45, 7) is -0.145. The quantitative estimate of drug-likeness (QED) is 0.164. The number of hydroxylamine groups is 2. The zero-order chi connectivity index (χ0) is 28.2. The summed E-state index contributed by atoms with van der Waals surface area (Å²) < 4.78 is 25.4. The molecule has 208 valence electrons. The predicted octanol–water partition coefficient (Wildman–Crippen LogP) is 1.95. The van der Waals surface area contributed by atoms with Gasteiger partial charge in [-0.05, 0) is 17.2 Å². The SMILES string of the molecule is CON(OC)[C@@](CC(=O)O)(C(=O)OP(N)(=O)OC[C@H]1C=C[C@@H](n2cnc3c(N)ncnc32)C1)c1ccccc1. The molecule has 1 aromatic carbocycles. The number of imidazole rings is 1. The van der Waals surface area contributed by atoms with Crippen LogP contribution in [0.2, 0.25) is 0 Å². The third kappa shape index (κ3) is 5.83. The molecule has 0 fully saturated rings. The van der Waals surface area contributed by atoms with Crippen LogP contribution in [0.15, 0.2) is 55.1 Å². The van der Waals surface area contributed by atoms with Crippen LogP contribution in [0.1, 0.15) is 24.4 Å². The van der Waals surface area contributed by atoms with Gasteiger partial charge in [0, 0.05) is 5.92 Å². The number of aromatic nitrogens is 4. The van der Waals surface area contributed by atoms with E-state index in [9.17, 15) is 19.3 Å². The van der Waals surface area contributed by atoms with Crippen LogP contribution in [0.5, 0.6) is 0 Å². The minimum absolute atomic E-state index is 0.139. The van der Waals surface area contributed by atoms with Gasteiger partial charge in [-0.1, -0.05) is 42.5 Å². The van der Waals surface area contributed by atoms with Gasteiger partial charge < -0.3 is 19.9 Å². The number of carbonyl (C=O) groups excluding carboxylic acids is 1. The van der Waals surface area contributed by atoms with Gasteiger partial charge in [0.05, 0.1) is 39.6 Å². The van der Waals surface area contributed by atoms with E-state index in [4.69, 9.17) is 30.0 Å². The second-order valence-electron chi connectivity index (χ2n) is 8.66. The standard InChI is InChI=1S/C23H28N7O8P/c1-35-30(36-2)23(11-18(31)32,16-6-4-3-5-7-16)22(33)38-39(25,34)37-12-15-8-9-17(10-15)29-14-28-19-20(24)26-13-27-21(19)29/h3-9,13-15,17H,10-12H2,1-2H3,(H2,25,34)(H,31,32)(H2,24,26,27)/t15-,17+,23+,39?/m0/s1. The molecule has 1 aliphatic rings. The van der Waals surface area contributed by atoms with Gasteiger partial charge in [0.1, 0.15) is 11.8 Å². The van der Waals surface area contributed by atoms with Gasteiger partial charge in [0.15, 0.2) is 11.5 Å². The first-order valence-electron chi connectivity index (χ1n) is 11.7. The second kappa shape index (κ2) is 11.6. The van der Waals surface area contributed by atoms with E-state index in [1.54, 1.807) is 24.5 Å². The zero-order valence-electron chi connectivity index (χ0n) is 21.1. The number of carbonyl (C=O) groups is 2. The Balaban J connectivity index is 1.48. The van der Waals surface area contributed by atoms with Crippen LogP contribution < -0.4 is 11.2 Å². The topological polar surface area (TPSA) is 207 Å². The van der Waals surface area contributed by atoms with Gasteiger partial charge in [-0.3, -0.25) is 19.0 Å². The lowest BCUT2D eigenvalue weighted by molar-refractivity contribution is -0.389. The molecule has 2 aromatic heterocycles. The third-order valence-electron chi connectivity index (χ3n) is 6.21. The molecule has 4 atom stereocenters. The molecule has 5 N–H and O–H groups in total. The first kappa shape index (κ1) is 28.3. The fourth-order valence-corrected chi connectivity index (χ4v) is 5.30. The van der Waals surface area contributed by atoms with E-state index in [1.165, 1.54) is 32.7 Å². The maximum absolute atomic E-state index is 13.5. The van der Waals surface area contributed by atoms with E-state index in [1.807, 2.05) is 16.7 Å². The second-order valence-corrected chi connectivity index (χ2v) is 10.2. The van der Waals surface area contributed by atoms with Gasteiger partial charge in [0.2, 0.25) is 5.54 Å². The van der Waals surface area contributed by atoms with Crippen LogP contribution in [-0.4, -0.2) is 62.6 Å². The highest BCUT2D eigenvalue weighted by atomic mass is 31.2. The summed E-state index contributed by atoms with van der Waals surface area (Å²) in [5.74, 6) is -2.66. The minimum Gasteiger partial charge on any atom is -0.481 e. The Hall–Kier alpha value is -3.72. The first-order chi connectivity index (χ1) is 18.6. The highest BCUT2D eigenvalue weighted by Gasteiger charge is 2.53. The summed E-state index contributed by atoms with van der Waals surface area (Å²) in [5, 5.41) is 10.3. The number of nitrogens with two attached hydrogens (primary N) is 2. The van der Waals surface area contributed by atoms with Crippen molar-refractivity contribution in [2.75, 3.05) is 26.6 Å². The summed E-state index contributed by atoms with van der Waals surface area (Å²) in [6.07, 6.45) is 6.37. The number of nitrogens with zero attached hydrogens (tertiary/aromatic N) is 5. The minimum atomic E-state index is -4.52. The maximum Gasteiger partial charge on any atom is 0.458 e. The molecule has 15 nitrogen and oxygen atoms in total. The Bertz CT molecular complexity index is 1410. The Labute approximate surface area is 222 Å². The average molecular weight is 561 g/mol. The van der Waals surface area contributed by atoms with Crippen molar-refractivity contribution in [2.45, 2.75) is 24.4 Å². The van der Waals surface area contributed by atoms with Gasteiger partial charge in [-0.25, -0.2) is 29.8 Å². The fraction of sp³-hybridized carbons (Fsp3) is 0.348. The molecule has 4 rings (SSSR count). The molecule has 39 heavy (non-hydrogen) atoms. The van der Waals surface area contributed by atoms with Gasteiger partial charge in [-0.15, -0.1) is 0 Å². The van der Waals surface area contributed by atoms with Crippen molar-refractivity contribution in [3.63, 3.8) is 0 Å². The molecule has 3 aromatic rings. The smallest absolute Gasteiger partial charge is 0.458 e. The van der Waals surface area contributed by atoms with Gasteiger partial charge in [0.25, 0.3) is 0 Å². The van der Waals surface area contributed by atoms with Crippen molar-refractivity contribution in [2.24, 2.45) is 11.4 Å². The molecule has 0 spiro atoms. The number of rotatable bonds is 12. The molecule has 1 aliphatic carbocycles. The normalized spacial score (nSPS) is 20.1. The Kier molecular flexibility index (Phi) is 8.39. The molecule has 0 aliphatic heterocycles. The number of hydrogen-bond acceptors (Lipinski definition) is 12. The maximum atomic E-state index is 13.5. The average Bonchev–Trinajstić information content (AvgIpc) is 3.55. The van der Waals surface area contributed by atoms with Crippen LogP contribution in [0.25, 0.3) is 11.2 Å². The number of carboxylic acid groups (broad SMARTS) is 1. The summed E-state index contributed by atoms with van der Waals surface area (Å²) in [4.78, 5) is 48.0. The number of benzene rings is 1. The van der Waals surface area contributed by atoms with E-state index in [0.29, 0.717) is 22.8 Å². The van der Waals surface area contributed by atoms with Crippen LogP contribution in [0.4, 0.5) is 5.82 Å². The van der Waals surface area contributed by atoms with Crippen molar-refractivity contribution < 1.29 is 38.0 Å². The number of aliphatic carboxylic acids is 1. The summed E-state index contributed by atoms with van der Waals surface area (Å²) >= 11 is 0. The zero-order valence-corrected chi connectivity index (χ0v) is 22.0. The molecule has 0 radical (unpaired) electrons. The Morgan fingerprint density at radius 1 is 1.18 bits per heavy atom. The number of carboxylic acids is 1. The molecule has 16 heteroatoms. The van der Waals surface area contributed by atoms with E-state index < -0.39 is 31.6 Å². The van der Waals surface area contributed by atoms with Gasteiger partial charge >= 0.3 is 19.7 Å². The third-order valence-corrected chi connectivity index (χ3v) is 7.14. The summed E-state index contributed by atoms with van der Waals surface area (Å²) in [7, 11) is -2.18. The van der Waals surface area contributed by atoms with Crippen molar-refractivity contribution in [3.8, 4) is 0 Å². The van der Waals surface area contributed by atoms with E-state index in [0.717, 1.165) is 0 Å². The molecule has 0 saturated carbocycles. The number of anilines is 1.